The van der Waals surface area contributed by atoms with Crippen LogP contribution < -0.4 is 0 Å². The summed E-state index contributed by atoms with van der Waals surface area (Å²) in [4.78, 5) is 13.9. The maximum atomic E-state index is 13.4. The summed E-state index contributed by atoms with van der Waals surface area (Å²) < 4.78 is 40.1. The van der Waals surface area contributed by atoms with E-state index in [9.17, 15) is 18.3 Å². The zero-order valence-electron chi connectivity index (χ0n) is 22.4. The van der Waals surface area contributed by atoms with Gasteiger partial charge in [-0.25, -0.2) is 9.98 Å². The predicted octanol–water partition coefficient (Wildman–Crippen LogP) is 5.19. The van der Waals surface area contributed by atoms with Gasteiger partial charge in [-0.3, -0.25) is 4.90 Å². The molecular weight excluding hydrogens is 489 g/mol. The minimum Gasteiger partial charge on any atom is -0.508 e. The third-order valence-corrected chi connectivity index (χ3v) is 11.1. The number of halogens is 3. The van der Waals surface area contributed by atoms with E-state index in [2.05, 4.69) is 52.7 Å². The first-order valence-electron chi connectivity index (χ1n) is 14.2. The third-order valence-electron chi connectivity index (χ3n) is 11.1. The van der Waals surface area contributed by atoms with Gasteiger partial charge in [0.1, 0.15) is 5.75 Å². The van der Waals surface area contributed by atoms with Gasteiger partial charge in [-0.1, -0.05) is 19.9 Å². The lowest BCUT2D eigenvalue weighted by Gasteiger charge is -2.65. The third kappa shape index (κ3) is 3.10. The number of aromatic hydroxyl groups is 1. The van der Waals surface area contributed by atoms with Crippen molar-refractivity contribution >= 4 is 12.2 Å². The summed E-state index contributed by atoms with van der Waals surface area (Å²) in [6.07, 6.45) is 1.94. The van der Waals surface area contributed by atoms with Crippen LogP contribution in [0.4, 0.5) is 13.2 Å². The number of benzene rings is 1. The number of phenolic OH excluding ortho intramolecular Hbond substituents is 1. The largest absolute Gasteiger partial charge is 0.508 e. The van der Waals surface area contributed by atoms with Gasteiger partial charge in [0.05, 0.1) is 12.1 Å². The van der Waals surface area contributed by atoms with Crippen molar-refractivity contribution in [1.29, 1.82) is 0 Å². The summed E-state index contributed by atoms with van der Waals surface area (Å²) in [6, 6.07) is 6.68. The molecule has 1 aromatic rings. The highest BCUT2D eigenvalue weighted by atomic mass is 19.4. The Labute approximate surface area is 222 Å². The lowest BCUT2D eigenvalue weighted by Crippen LogP contribution is -2.69. The molecule has 2 saturated carbocycles. The molecule has 3 aliphatic heterocycles. The standard InChI is InChI=1S/C30H37F3N4O/c1-17(2)14-36-16-22-10-19-4-5-23(38)11-24(19)29(22)26-20-12-28(29,18(36)3)8-6-25(26)37(15-20)27-34-9-7-21(13-35-27)30(31,32)33/h4-5,7,11,13,17-18,20,22,25-26,38H,6,8-10,12,14-16H2,1-3H3/t18?,20-,22?,25?,26?,28?,29?/m1/s1. The number of guanidine groups is 1. The number of phenols is 1. The average molecular weight is 527 g/mol. The quantitative estimate of drug-likeness (QED) is 0.577. The number of rotatable bonds is 2. The fraction of sp³-hybridized carbons (Fsp3) is 0.667. The van der Waals surface area contributed by atoms with Crippen LogP contribution in [0.3, 0.4) is 0 Å². The van der Waals surface area contributed by atoms with Crippen LogP contribution in [0, 0.1) is 29.1 Å². The summed E-state index contributed by atoms with van der Waals surface area (Å²) in [5.74, 6) is 2.71. The first-order valence-corrected chi connectivity index (χ1v) is 14.2. The highest BCUT2D eigenvalue weighted by Gasteiger charge is 2.78. The highest BCUT2D eigenvalue weighted by Crippen LogP contribution is 2.77. The van der Waals surface area contributed by atoms with Gasteiger partial charge in [0.2, 0.25) is 5.96 Å². The number of aliphatic imine (C=N–C) groups is 2. The first kappa shape index (κ1) is 24.7. The van der Waals surface area contributed by atoms with E-state index in [0.717, 1.165) is 57.6 Å². The zero-order valence-corrected chi connectivity index (χ0v) is 22.4. The molecule has 0 amide bonds. The minimum absolute atomic E-state index is 0.00165. The average Bonchev–Trinajstić information content (AvgIpc) is 3.30. The Morgan fingerprint density at radius 3 is 2.79 bits per heavy atom. The predicted molar refractivity (Wildman–Crippen MR) is 142 cm³/mol. The van der Waals surface area contributed by atoms with E-state index in [0.29, 0.717) is 41.4 Å². The Morgan fingerprint density at radius 1 is 1.21 bits per heavy atom. The van der Waals surface area contributed by atoms with Gasteiger partial charge in [-0.2, -0.15) is 13.2 Å². The van der Waals surface area contributed by atoms with Crippen LogP contribution >= 0.6 is 0 Å². The van der Waals surface area contributed by atoms with Crippen molar-refractivity contribution in [2.24, 2.45) is 39.1 Å². The van der Waals surface area contributed by atoms with Crippen molar-refractivity contribution in [2.45, 2.75) is 70.1 Å². The van der Waals surface area contributed by atoms with Gasteiger partial charge in [0.15, 0.2) is 0 Å². The fourth-order valence-electron chi connectivity index (χ4n) is 10.3. The number of hydrogen-bond donors (Lipinski definition) is 1. The van der Waals surface area contributed by atoms with Gasteiger partial charge in [0.25, 0.3) is 0 Å². The Morgan fingerprint density at radius 2 is 2.03 bits per heavy atom. The summed E-state index contributed by atoms with van der Waals surface area (Å²) in [5, 5.41) is 10.7. The lowest BCUT2D eigenvalue weighted by molar-refractivity contribution is -0.114. The molecule has 38 heavy (non-hydrogen) atoms. The number of fused-ring (bicyclic) bond motifs is 1. The van der Waals surface area contributed by atoms with E-state index in [1.54, 1.807) is 0 Å². The monoisotopic (exact) mass is 526 g/mol. The number of hydrogen-bond acceptors (Lipinski definition) is 5. The lowest BCUT2D eigenvalue weighted by atomic mass is 9.45. The van der Waals surface area contributed by atoms with Crippen molar-refractivity contribution < 1.29 is 18.3 Å². The maximum Gasteiger partial charge on any atom is 0.417 e. The van der Waals surface area contributed by atoms with Crippen LogP contribution in [-0.4, -0.2) is 71.5 Å². The number of allylic oxidation sites excluding steroid dienone is 1. The van der Waals surface area contributed by atoms with Crippen molar-refractivity contribution in [3.8, 4) is 5.75 Å². The second-order valence-electron chi connectivity index (χ2n) is 13.1. The van der Waals surface area contributed by atoms with E-state index < -0.39 is 11.7 Å². The number of likely N-dealkylation sites (tertiary alicyclic amines) is 2. The molecule has 8 heteroatoms. The number of nitrogens with zero attached hydrogens (tertiary/aromatic N) is 4. The Balaban J connectivity index is 1.31. The molecule has 2 saturated heterocycles. The van der Waals surface area contributed by atoms with Gasteiger partial charge in [-0.15, -0.1) is 0 Å². The van der Waals surface area contributed by atoms with Gasteiger partial charge in [0, 0.05) is 43.3 Å². The number of alkyl halides is 3. The molecule has 7 atom stereocenters. The molecule has 0 aromatic heterocycles. The molecule has 0 radical (unpaired) electrons. The van der Waals surface area contributed by atoms with Gasteiger partial charge < -0.3 is 10.0 Å². The molecule has 7 rings (SSSR count). The molecule has 5 nitrogen and oxygen atoms in total. The number of piperidine rings is 1. The molecule has 3 heterocycles. The van der Waals surface area contributed by atoms with E-state index in [1.807, 2.05) is 6.07 Å². The normalized spacial score (nSPS) is 39.6. The summed E-state index contributed by atoms with van der Waals surface area (Å²) in [5.41, 5.74) is 2.12. The summed E-state index contributed by atoms with van der Waals surface area (Å²) in [7, 11) is 0. The van der Waals surface area contributed by atoms with Crippen LogP contribution in [0.5, 0.6) is 5.75 Å². The minimum atomic E-state index is -4.41. The molecule has 204 valence electrons. The molecular formula is C30H37F3N4O. The molecule has 4 fully saturated rings. The fourth-order valence-corrected chi connectivity index (χ4v) is 10.3. The van der Waals surface area contributed by atoms with Crippen molar-refractivity contribution in [3.63, 3.8) is 0 Å². The topological polar surface area (TPSA) is 51.4 Å². The van der Waals surface area contributed by atoms with Crippen LogP contribution in [-0.2, 0) is 11.8 Å². The smallest absolute Gasteiger partial charge is 0.417 e. The van der Waals surface area contributed by atoms with E-state index in [4.69, 9.17) is 0 Å². The SMILES string of the molecule is CC(C)CN1CC2Cc3ccc(O)cc3C23C2C4CCC3(C[C@@H]2CN4C2=NCC=C(C(F)(F)F)C=N2)C1C. The van der Waals surface area contributed by atoms with Gasteiger partial charge >= 0.3 is 6.18 Å². The van der Waals surface area contributed by atoms with Crippen molar-refractivity contribution in [3.05, 3.63) is 41.0 Å². The summed E-state index contributed by atoms with van der Waals surface area (Å²) >= 11 is 0. The first-order chi connectivity index (χ1) is 18.1. The Kier molecular flexibility index (Phi) is 5.25. The molecule has 1 N–H and O–H groups in total. The molecule has 2 bridgehead atoms. The van der Waals surface area contributed by atoms with E-state index in [-0.39, 0.29) is 23.4 Å². The van der Waals surface area contributed by atoms with E-state index in [1.165, 1.54) is 11.1 Å². The molecule has 6 aliphatic rings. The van der Waals surface area contributed by atoms with Crippen LogP contribution in [0.1, 0.15) is 51.2 Å². The summed E-state index contributed by atoms with van der Waals surface area (Å²) in [6.45, 7) is 10.0. The maximum absolute atomic E-state index is 13.4. The Bertz CT molecular complexity index is 1250. The van der Waals surface area contributed by atoms with Crippen LogP contribution in [0.15, 0.2) is 39.8 Å². The molecule has 1 spiro atoms. The zero-order chi connectivity index (χ0) is 26.6. The Hall–Kier alpha value is -2.35. The van der Waals surface area contributed by atoms with Gasteiger partial charge in [-0.05, 0) is 91.0 Å². The van der Waals surface area contributed by atoms with Crippen LogP contribution in [0.2, 0.25) is 0 Å². The molecule has 6 unspecified atom stereocenters. The molecule has 3 aliphatic carbocycles. The highest BCUT2D eigenvalue weighted by molar-refractivity contribution is 5.95. The van der Waals surface area contributed by atoms with Crippen LogP contribution in [0.25, 0.3) is 0 Å². The molecule has 1 aromatic carbocycles. The van der Waals surface area contributed by atoms with E-state index >= 15 is 0 Å². The second kappa shape index (κ2) is 8.09. The second-order valence-corrected chi connectivity index (χ2v) is 13.1. The van der Waals surface area contributed by atoms with Crippen molar-refractivity contribution in [1.82, 2.24) is 9.80 Å². The van der Waals surface area contributed by atoms with Crippen molar-refractivity contribution in [2.75, 3.05) is 26.2 Å².